The van der Waals surface area contributed by atoms with Crippen molar-refractivity contribution in [2.45, 2.75) is 24.2 Å². The second-order valence-electron chi connectivity index (χ2n) is 6.90. The van der Waals surface area contributed by atoms with Gasteiger partial charge in [-0.3, -0.25) is 4.79 Å². The molecule has 0 aliphatic carbocycles. The predicted molar refractivity (Wildman–Crippen MR) is 107 cm³/mol. The summed E-state index contributed by atoms with van der Waals surface area (Å²) in [6, 6.07) is 12.5. The van der Waals surface area contributed by atoms with E-state index in [2.05, 4.69) is 22.3 Å². The minimum absolute atomic E-state index is 0.0101. The lowest BCUT2D eigenvalue weighted by atomic mass is 10.0. The Bertz CT molecular complexity index is 1020. The lowest BCUT2D eigenvalue weighted by Gasteiger charge is -2.28. The molecule has 1 amide bonds. The highest BCUT2D eigenvalue weighted by Gasteiger charge is 2.25. The number of nitrogens with one attached hydrogen (secondary N) is 1. The Hall–Kier alpha value is -2.64. The number of sulfonamides is 1. The number of carbonyl (C=O) groups is 1. The highest BCUT2D eigenvalue weighted by Crippen LogP contribution is 2.34. The van der Waals surface area contributed by atoms with Gasteiger partial charge in [0.2, 0.25) is 10.0 Å². The zero-order valence-corrected chi connectivity index (χ0v) is 15.6. The molecule has 27 heavy (non-hydrogen) atoms. The summed E-state index contributed by atoms with van der Waals surface area (Å²) >= 11 is 0. The highest BCUT2D eigenvalue weighted by atomic mass is 32.2. The van der Waals surface area contributed by atoms with Crippen LogP contribution in [0.2, 0.25) is 0 Å². The van der Waals surface area contributed by atoms with Crippen molar-refractivity contribution in [2.24, 2.45) is 5.14 Å². The standard InChI is InChI=1S/C20H21N3O3S/c21-27(25,26)16-8-9-19-17(13-16)18(20(24)22-19)12-14-4-6-15(7-5-14)23-10-2-1-3-11-23/h4-9,12-13H,1-3,10-11H2,(H,22,24)(H2,21,25,26). The first kappa shape index (κ1) is 17.8. The van der Waals surface area contributed by atoms with E-state index in [1.165, 1.54) is 37.1 Å². The van der Waals surface area contributed by atoms with Gasteiger partial charge >= 0.3 is 0 Å². The number of piperidine rings is 1. The van der Waals surface area contributed by atoms with Crippen LogP contribution in [0.15, 0.2) is 47.4 Å². The first-order valence-corrected chi connectivity index (χ1v) is 10.5. The zero-order valence-electron chi connectivity index (χ0n) is 14.8. The molecule has 4 rings (SSSR count). The average molecular weight is 383 g/mol. The van der Waals surface area contributed by atoms with Crippen LogP contribution in [0.5, 0.6) is 0 Å². The van der Waals surface area contributed by atoms with E-state index in [0.717, 1.165) is 18.7 Å². The van der Waals surface area contributed by atoms with Gasteiger partial charge in [0.1, 0.15) is 0 Å². The second-order valence-corrected chi connectivity index (χ2v) is 8.47. The van der Waals surface area contributed by atoms with Crippen LogP contribution in [-0.4, -0.2) is 27.4 Å². The molecule has 6 nitrogen and oxygen atoms in total. The fourth-order valence-corrected chi connectivity index (χ4v) is 4.13. The quantitative estimate of drug-likeness (QED) is 0.797. The van der Waals surface area contributed by atoms with Crippen molar-refractivity contribution in [1.82, 2.24) is 0 Å². The molecule has 140 valence electrons. The molecule has 0 unspecified atom stereocenters. The SMILES string of the molecule is NS(=O)(=O)c1ccc2c(c1)C(=Cc1ccc(N3CCCCC3)cc1)C(=O)N2. The molecule has 2 aliphatic rings. The molecule has 0 spiro atoms. The van der Waals surface area contributed by atoms with Crippen LogP contribution in [0.4, 0.5) is 11.4 Å². The topological polar surface area (TPSA) is 92.5 Å². The fraction of sp³-hybridized carbons (Fsp3) is 0.250. The molecule has 0 atom stereocenters. The molecule has 0 saturated carbocycles. The van der Waals surface area contributed by atoms with Gasteiger partial charge in [0, 0.05) is 35.6 Å². The van der Waals surface area contributed by atoms with Crippen molar-refractivity contribution >= 4 is 39.0 Å². The number of amides is 1. The smallest absolute Gasteiger partial charge is 0.256 e. The summed E-state index contributed by atoms with van der Waals surface area (Å²) in [7, 11) is -3.83. The van der Waals surface area contributed by atoms with Gasteiger partial charge in [0.15, 0.2) is 0 Å². The van der Waals surface area contributed by atoms with E-state index >= 15 is 0 Å². The number of fused-ring (bicyclic) bond motifs is 1. The van der Waals surface area contributed by atoms with E-state index in [1.807, 2.05) is 12.1 Å². The number of rotatable bonds is 3. The first-order valence-electron chi connectivity index (χ1n) is 8.97. The molecule has 2 heterocycles. The van der Waals surface area contributed by atoms with Crippen LogP contribution >= 0.6 is 0 Å². The summed E-state index contributed by atoms with van der Waals surface area (Å²) in [6.45, 7) is 2.15. The summed E-state index contributed by atoms with van der Waals surface area (Å²) in [5, 5.41) is 7.97. The average Bonchev–Trinajstić information content (AvgIpc) is 2.97. The van der Waals surface area contributed by atoms with Crippen LogP contribution in [0.1, 0.15) is 30.4 Å². The van der Waals surface area contributed by atoms with Gasteiger partial charge in [-0.15, -0.1) is 0 Å². The van der Waals surface area contributed by atoms with Crippen LogP contribution in [-0.2, 0) is 14.8 Å². The van der Waals surface area contributed by atoms with Crippen molar-refractivity contribution in [2.75, 3.05) is 23.3 Å². The number of anilines is 2. The van der Waals surface area contributed by atoms with Crippen LogP contribution in [0.25, 0.3) is 11.6 Å². The fourth-order valence-electron chi connectivity index (χ4n) is 3.59. The van der Waals surface area contributed by atoms with Crippen molar-refractivity contribution in [3.8, 4) is 0 Å². The largest absolute Gasteiger partial charge is 0.372 e. The lowest BCUT2D eigenvalue weighted by Crippen LogP contribution is -2.29. The third-order valence-electron chi connectivity index (χ3n) is 5.03. The monoisotopic (exact) mass is 383 g/mol. The first-order chi connectivity index (χ1) is 12.9. The van der Waals surface area contributed by atoms with Gasteiger partial charge < -0.3 is 10.2 Å². The van der Waals surface area contributed by atoms with Gasteiger partial charge in [-0.1, -0.05) is 12.1 Å². The number of nitrogens with zero attached hydrogens (tertiary/aromatic N) is 1. The van der Waals surface area contributed by atoms with E-state index in [0.29, 0.717) is 16.8 Å². The van der Waals surface area contributed by atoms with Crippen LogP contribution in [0.3, 0.4) is 0 Å². The Kier molecular flexibility index (Phi) is 4.49. The van der Waals surface area contributed by atoms with Gasteiger partial charge in [0.25, 0.3) is 5.91 Å². The number of carbonyl (C=O) groups excluding carboxylic acids is 1. The molecule has 1 saturated heterocycles. The molecular formula is C20H21N3O3S. The number of hydrogen-bond acceptors (Lipinski definition) is 4. The van der Waals surface area contributed by atoms with Gasteiger partial charge in [-0.25, -0.2) is 13.6 Å². The van der Waals surface area contributed by atoms with E-state index in [9.17, 15) is 13.2 Å². The van der Waals surface area contributed by atoms with Crippen molar-refractivity contribution in [1.29, 1.82) is 0 Å². The molecule has 2 aromatic carbocycles. The Morgan fingerprint density at radius 2 is 1.70 bits per heavy atom. The Balaban J connectivity index is 1.65. The molecule has 2 aliphatic heterocycles. The summed E-state index contributed by atoms with van der Waals surface area (Å²) in [6.07, 6.45) is 5.49. The highest BCUT2D eigenvalue weighted by molar-refractivity contribution is 7.89. The Morgan fingerprint density at radius 1 is 1.00 bits per heavy atom. The number of hydrogen-bond donors (Lipinski definition) is 2. The molecule has 0 bridgehead atoms. The molecule has 7 heteroatoms. The maximum absolute atomic E-state index is 12.3. The van der Waals surface area contributed by atoms with Crippen LogP contribution < -0.4 is 15.4 Å². The van der Waals surface area contributed by atoms with Gasteiger partial charge in [-0.05, 0) is 61.2 Å². The lowest BCUT2D eigenvalue weighted by molar-refractivity contribution is -0.110. The number of primary sulfonamides is 1. The Labute approximate surface area is 158 Å². The summed E-state index contributed by atoms with van der Waals surface area (Å²) in [4.78, 5) is 14.7. The Morgan fingerprint density at radius 3 is 2.37 bits per heavy atom. The molecule has 1 fully saturated rings. The summed E-state index contributed by atoms with van der Waals surface area (Å²) in [5.74, 6) is -0.253. The normalized spacial score (nSPS) is 18.5. The van der Waals surface area contributed by atoms with Crippen molar-refractivity contribution < 1.29 is 13.2 Å². The number of nitrogens with two attached hydrogens (primary N) is 1. The van der Waals surface area contributed by atoms with Gasteiger partial charge in [-0.2, -0.15) is 0 Å². The van der Waals surface area contributed by atoms with E-state index in [1.54, 1.807) is 12.1 Å². The second kappa shape index (κ2) is 6.83. The number of benzene rings is 2. The van der Waals surface area contributed by atoms with Crippen molar-refractivity contribution in [3.05, 3.63) is 53.6 Å². The van der Waals surface area contributed by atoms with E-state index < -0.39 is 10.0 Å². The minimum atomic E-state index is -3.83. The maximum Gasteiger partial charge on any atom is 0.256 e. The molecule has 2 aromatic rings. The third-order valence-corrected chi connectivity index (χ3v) is 5.94. The third kappa shape index (κ3) is 3.61. The molecule has 3 N–H and O–H groups in total. The van der Waals surface area contributed by atoms with E-state index in [4.69, 9.17) is 5.14 Å². The molecule has 0 aromatic heterocycles. The van der Waals surface area contributed by atoms with E-state index in [-0.39, 0.29) is 10.8 Å². The zero-order chi connectivity index (χ0) is 19.0. The minimum Gasteiger partial charge on any atom is -0.372 e. The van der Waals surface area contributed by atoms with Crippen molar-refractivity contribution in [3.63, 3.8) is 0 Å². The predicted octanol–water partition coefficient (Wildman–Crippen LogP) is 2.82. The summed E-state index contributed by atoms with van der Waals surface area (Å²) in [5.41, 5.74) is 3.64. The van der Waals surface area contributed by atoms with Gasteiger partial charge in [0.05, 0.1) is 4.90 Å². The van der Waals surface area contributed by atoms with Crippen LogP contribution in [0, 0.1) is 0 Å². The maximum atomic E-state index is 12.3. The molecule has 0 radical (unpaired) electrons. The molecular weight excluding hydrogens is 362 g/mol. The summed E-state index contributed by atoms with van der Waals surface area (Å²) < 4.78 is 23.2.